The molecule has 26 heavy (non-hydrogen) atoms. The summed E-state index contributed by atoms with van der Waals surface area (Å²) in [6.07, 6.45) is 1.89. The predicted octanol–water partition coefficient (Wildman–Crippen LogP) is 4.79. The van der Waals surface area contributed by atoms with Crippen LogP contribution < -0.4 is 4.74 Å². The van der Waals surface area contributed by atoms with Gasteiger partial charge >= 0.3 is 0 Å². The van der Waals surface area contributed by atoms with Crippen LogP contribution in [0.3, 0.4) is 0 Å². The highest BCUT2D eigenvalue weighted by Gasteiger charge is 2.12. The number of hydrogen-bond donors (Lipinski definition) is 0. The van der Waals surface area contributed by atoms with Crippen LogP contribution in [0.4, 0.5) is 0 Å². The summed E-state index contributed by atoms with van der Waals surface area (Å²) in [5, 5.41) is 8.33. The average molecular weight is 414 g/mol. The summed E-state index contributed by atoms with van der Waals surface area (Å²) in [7, 11) is 3.69. The van der Waals surface area contributed by atoms with Crippen molar-refractivity contribution in [1.82, 2.24) is 15.1 Å². The van der Waals surface area contributed by atoms with Gasteiger partial charge in [0.15, 0.2) is 0 Å². The third kappa shape index (κ3) is 4.20. The first-order chi connectivity index (χ1) is 12.6. The van der Waals surface area contributed by atoms with Gasteiger partial charge in [-0.2, -0.15) is 0 Å². The third-order valence-corrected chi connectivity index (χ3v) is 4.54. The minimum Gasteiger partial charge on any atom is -0.496 e. The van der Waals surface area contributed by atoms with Crippen molar-refractivity contribution in [3.05, 3.63) is 65.2 Å². The normalized spacial score (nSPS) is 10.9. The number of halogens is 1. The van der Waals surface area contributed by atoms with Crippen LogP contribution in [0.1, 0.15) is 5.56 Å². The fourth-order valence-corrected chi connectivity index (χ4v) is 3.15. The minimum atomic E-state index is 0.471. The zero-order valence-corrected chi connectivity index (χ0v) is 16.4. The molecule has 1 heterocycles. The van der Waals surface area contributed by atoms with Crippen molar-refractivity contribution in [2.75, 3.05) is 20.7 Å². The van der Waals surface area contributed by atoms with Crippen molar-refractivity contribution in [2.24, 2.45) is 0 Å². The molecule has 0 saturated heterocycles. The lowest BCUT2D eigenvalue weighted by molar-refractivity contribution is 0.364. The molecule has 0 amide bonds. The van der Waals surface area contributed by atoms with E-state index in [9.17, 15) is 0 Å². The Kier molecular flexibility index (Phi) is 5.85. The summed E-state index contributed by atoms with van der Waals surface area (Å²) in [6, 6.07) is 13.8. The lowest BCUT2D eigenvalue weighted by Gasteiger charge is -2.14. The van der Waals surface area contributed by atoms with E-state index in [1.54, 1.807) is 7.11 Å². The van der Waals surface area contributed by atoms with Gasteiger partial charge in [-0.25, -0.2) is 0 Å². The van der Waals surface area contributed by atoms with Crippen LogP contribution in [-0.2, 0) is 6.54 Å². The Hall–Kier alpha value is -2.44. The molecule has 0 bridgehead atoms. The quantitative estimate of drug-likeness (QED) is 0.521. The van der Waals surface area contributed by atoms with Gasteiger partial charge in [0.05, 0.1) is 11.6 Å². The van der Waals surface area contributed by atoms with Gasteiger partial charge in [-0.1, -0.05) is 18.2 Å². The molecule has 3 aromatic rings. The highest BCUT2D eigenvalue weighted by molar-refractivity contribution is 9.10. The number of likely N-dealkylation sites (N-methyl/N-ethyl adjacent to an activating group) is 1. The molecule has 0 aliphatic rings. The molecule has 0 radical (unpaired) electrons. The predicted molar refractivity (Wildman–Crippen MR) is 106 cm³/mol. The highest BCUT2D eigenvalue weighted by atomic mass is 79.9. The van der Waals surface area contributed by atoms with Crippen LogP contribution in [-0.4, -0.2) is 35.8 Å². The zero-order valence-electron chi connectivity index (χ0n) is 14.8. The minimum absolute atomic E-state index is 0.471. The van der Waals surface area contributed by atoms with E-state index in [-0.39, 0.29) is 0 Å². The van der Waals surface area contributed by atoms with Crippen LogP contribution in [0.15, 0.2) is 64.0 Å². The largest absolute Gasteiger partial charge is 0.496 e. The van der Waals surface area contributed by atoms with Gasteiger partial charge in [0, 0.05) is 24.2 Å². The molecule has 0 saturated carbocycles. The summed E-state index contributed by atoms with van der Waals surface area (Å²) in [6.45, 7) is 5.47. The molecule has 3 rings (SSSR count). The van der Waals surface area contributed by atoms with Crippen molar-refractivity contribution < 1.29 is 9.15 Å². The van der Waals surface area contributed by atoms with Gasteiger partial charge in [0.1, 0.15) is 5.75 Å². The lowest BCUT2D eigenvalue weighted by Crippen LogP contribution is -2.17. The Balaban J connectivity index is 1.77. The molecule has 5 nitrogen and oxygen atoms in total. The maximum atomic E-state index is 5.84. The van der Waals surface area contributed by atoms with E-state index >= 15 is 0 Å². The van der Waals surface area contributed by atoms with Crippen LogP contribution in [0.2, 0.25) is 0 Å². The maximum absolute atomic E-state index is 5.84. The molecule has 0 aliphatic carbocycles. The van der Waals surface area contributed by atoms with Crippen molar-refractivity contribution in [3.8, 4) is 28.7 Å². The van der Waals surface area contributed by atoms with Crippen LogP contribution in [0.25, 0.3) is 22.9 Å². The molecule has 0 spiro atoms. The number of rotatable bonds is 7. The van der Waals surface area contributed by atoms with E-state index in [0.29, 0.717) is 11.8 Å². The smallest absolute Gasteiger partial charge is 0.248 e. The Bertz CT molecular complexity index is 890. The molecule has 2 aromatic carbocycles. The van der Waals surface area contributed by atoms with Crippen LogP contribution >= 0.6 is 15.9 Å². The highest BCUT2D eigenvalue weighted by Crippen LogP contribution is 2.31. The molecule has 0 aliphatic heterocycles. The van der Waals surface area contributed by atoms with Gasteiger partial charge < -0.3 is 9.15 Å². The van der Waals surface area contributed by atoms with Crippen molar-refractivity contribution in [3.63, 3.8) is 0 Å². The van der Waals surface area contributed by atoms with Gasteiger partial charge in [-0.3, -0.25) is 4.90 Å². The van der Waals surface area contributed by atoms with E-state index in [1.807, 2.05) is 36.4 Å². The molecule has 0 fully saturated rings. The maximum Gasteiger partial charge on any atom is 0.248 e. The molecule has 0 N–H and O–H groups in total. The summed E-state index contributed by atoms with van der Waals surface area (Å²) in [5.41, 5.74) is 2.95. The monoisotopic (exact) mass is 413 g/mol. The number of aromatic nitrogens is 2. The second kappa shape index (κ2) is 8.29. The van der Waals surface area contributed by atoms with E-state index in [2.05, 4.69) is 56.8 Å². The zero-order chi connectivity index (χ0) is 18.5. The lowest BCUT2D eigenvalue weighted by atomic mass is 10.1. The molecule has 1 aromatic heterocycles. The Morgan fingerprint density at radius 2 is 1.77 bits per heavy atom. The van der Waals surface area contributed by atoms with E-state index < -0.39 is 0 Å². The van der Waals surface area contributed by atoms with Crippen LogP contribution in [0.5, 0.6) is 5.75 Å². The number of methoxy groups -OCH3 is 1. The van der Waals surface area contributed by atoms with E-state index in [0.717, 1.165) is 34.4 Å². The molecule has 134 valence electrons. The summed E-state index contributed by atoms with van der Waals surface area (Å²) in [4.78, 5) is 2.19. The third-order valence-electron chi connectivity index (χ3n) is 3.92. The van der Waals surface area contributed by atoms with Gasteiger partial charge in [0.2, 0.25) is 11.8 Å². The van der Waals surface area contributed by atoms with Crippen molar-refractivity contribution in [2.45, 2.75) is 6.54 Å². The average Bonchev–Trinajstić information content (AvgIpc) is 3.12. The first kappa shape index (κ1) is 18.4. The second-order valence-corrected chi connectivity index (χ2v) is 6.80. The summed E-state index contributed by atoms with van der Waals surface area (Å²) >= 11 is 3.47. The van der Waals surface area contributed by atoms with Crippen molar-refractivity contribution >= 4 is 15.9 Å². The Morgan fingerprint density at radius 3 is 2.38 bits per heavy atom. The summed E-state index contributed by atoms with van der Waals surface area (Å²) < 4.78 is 11.9. The Labute approximate surface area is 161 Å². The van der Waals surface area contributed by atoms with E-state index in [4.69, 9.17) is 9.15 Å². The van der Waals surface area contributed by atoms with E-state index in [1.165, 1.54) is 5.56 Å². The second-order valence-electron chi connectivity index (χ2n) is 5.94. The standard InChI is InChI=1S/C20H20BrN3O2/c1-4-11-24(2)13-14-5-7-15(8-6-14)19-22-23-20(26-19)16-9-10-18(25-3)17(21)12-16/h4-10,12H,1,11,13H2,2-3H3. The molecule has 0 unspecified atom stereocenters. The molecular weight excluding hydrogens is 394 g/mol. The first-order valence-electron chi connectivity index (χ1n) is 8.17. The molecule has 0 atom stereocenters. The summed E-state index contributed by atoms with van der Waals surface area (Å²) in [5.74, 6) is 1.72. The van der Waals surface area contributed by atoms with Gasteiger partial charge in [-0.15, -0.1) is 16.8 Å². The number of benzene rings is 2. The van der Waals surface area contributed by atoms with Crippen LogP contribution in [0, 0.1) is 0 Å². The first-order valence-corrected chi connectivity index (χ1v) is 8.96. The number of ether oxygens (including phenoxy) is 1. The molecular formula is C20H20BrN3O2. The molecule has 6 heteroatoms. The number of nitrogens with zero attached hydrogens (tertiary/aromatic N) is 3. The number of hydrogen-bond acceptors (Lipinski definition) is 5. The van der Waals surface area contributed by atoms with Crippen molar-refractivity contribution in [1.29, 1.82) is 0 Å². The fraction of sp³-hybridized carbons (Fsp3) is 0.200. The SMILES string of the molecule is C=CCN(C)Cc1ccc(-c2nnc(-c3ccc(OC)c(Br)c3)o2)cc1. The van der Waals surface area contributed by atoms with Gasteiger partial charge in [0.25, 0.3) is 0 Å². The Morgan fingerprint density at radius 1 is 1.12 bits per heavy atom. The topological polar surface area (TPSA) is 51.4 Å². The van der Waals surface area contributed by atoms with Gasteiger partial charge in [-0.05, 0) is 58.9 Å². The fourth-order valence-electron chi connectivity index (χ4n) is 2.61.